The van der Waals surface area contributed by atoms with E-state index >= 15 is 0 Å². The summed E-state index contributed by atoms with van der Waals surface area (Å²) < 4.78 is 0. The van der Waals surface area contributed by atoms with Gasteiger partial charge in [-0.2, -0.15) is 0 Å². The first kappa shape index (κ1) is 21.8. The minimum Gasteiger partial charge on any atom is -0.353 e. The van der Waals surface area contributed by atoms with E-state index in [1.54, 1.807) is 0 Å². The van der Waals surface area contributed by atoms with Crippen LogP contribution in [0.15, 0.2) is 0 Å². The average Bonchev–Trinajstić information content (AvgIpc) is 3.41. The second kappa shape index (κ2) is 10.3. The Kier molecular flexibility index (Phi) is 7.75. The molecule has 0 bridgehead atoms. The van der Waals surface area contributed by atoms with Gasteiger partial charge < -0.3 is 5.32 Å². The number of hydrogen-bond acceptors (Lipinski definition) is 7. The number of hydrazine groups is 2. The molecule has 4 aliphatic rings. The van der Waals surface area contributed by atoms with Crippen LogP contribution in [0, 0.1) is 17.8 Å². The third-order valence-corrected chi connectivity index (χ3v) is 9.10. The molecule has 4 rings (SSSR count). The molecule has 166 valence electrons. The van der Waals surface area contributed by atoms with E-state index in [4.69, 9.17) is 0 Å². The number of carbonyl (C=O) groups is 1. The molecule has 0 spiro atoms. The highest BCUT2D eigenvalue weighted by molar-refractivity contribution is 8.00. The van der Waals surface area contributed by atoms with Crippen molar-refractivity contribution in [3.8, 4) is 0 Å². The average molecular weight is 425 g/mol. The van der Waals surface area contributed by atoms with Crippen molar-refractivity contribution in [3.63, 3.8) is 0 Å². The molecule has 0 aromatic carbocycles. The smallest absolute Gasteiger partial charge is 0.223 e. The molecule has 8 heteroatoms. The maximum absolute atomic E-state index is 13.0. The number of thioether (sulfide) groups is 1. The van der Waals surface area contributed by atoms with Crippen molar-refractivity contribution in [2.24, 2.45) is 17.8 Å². The zero-order valence-corrected chi connectivity index (χ0v) is 18.9. The Balaban J connectivity index is 1.24. The first-order chi connectivity index (χ1) is 14.1. The molecule has 6 unspecified atom stereocenters. The Morgan fingerprint density at radius 1 is 1.07 bits per heavy atom. The van der Waals surface area contributed by atoms with Gasteiger partial charge >= 0.3 is 0 Å². The molecule has 2 saturated heterocycles. The summed E-state index contributed by atoms with van der Waals surface area (Å²) in [5.41, 5.74) is 13.6. The molecule has 2 aliphatic heterocycles. The van der Waals surface area contributed by atoms with Crippen LogP contribution in [0.2, 0.25) is 0 Å². The first-order valence-corrected chi connectivity index (χ1v) is 12.7. The minimum absolute atomic E-state index is 0.214. The van der Waals surface area contributed by atoms with Crippen LogP contribution >= 0.6 is 11.8 Å². The van der Waals surface area contributed by atoms with Crippen LogP contribution in [0.4, 0.5) is 0 Å². The zero-order chi connectivity index (χ0) is 20.2. The summed E-state index contributed by atoms with van der Waals surface area (Å²) in [5, 5.41) is 4.06. The molecule has 2 heterocycles. The highest BCUT2D eigenvalue weighted by Crippen LogP contribution is 2.36. The molecular formula is C21H40N6OS. The summed E-state index contributed by atoms with van der Waals surface area (Å²) in [4.78, 5) is 15.4. The van der Waals surface area contributed by atoms with Crippen molar-refractivity contribution in [2.45, 2.75) is 87.5 Å². The molecule has 4 fully saturated rings. The molecule has 1 amide bonds. The summed E-state index contributed by atoms with van der Waals surface area (Å²) >= 11 is 2.01. The van der Waals surface area contributed by atoms with E-state index in [1.807, 2.05) is 11.8 Å². The Morgan fingerprint density at radius 2 is 1.93 bits per heavy atom. The molecular weight excluding hydrogens is 384 g/mol. The lowest BCUT2D eigenvalue weighted by Gasteiger charge is -2.36. The van der Waals surface area contributed by atoms with E-state index < -0.39 is 0 Å². The first-order valence-electron chi connectivity index (χ1n) is 11.7. The van der Waals surface area contributed by atoms with Crippen LogP contribution in [0.3, 0.4) is 0 Å². The van der Waals surface area contributed by atoms with Crippen LogP contribution in [-0.2, 0) is 4.79 Å². The molecule has 0 aromatic rings. The van der Waals surface area contributed by atoms with Crippen LogP contribution in [0.5, 0.6) is 0 Å². The number of hydrogen-bond donors (Lipinski definition) is 5. The third-order valence-electron chi connectivity index (χ3n) is 7.55. The number of nitrogens with zero attached hydrogens (tertiary/aromatic N) is 1. The van der Waals surface area contributed by atoms with Gasteiger partial charge in [-0.3, -0.25) is 20.5 Å². The monoisotopic (exact) mass is 424 g/mol. The summed E-state index contributed by atoms with van der Waals surface area (Å²) in [6.07, 6.45) is 10.6. The van der Waals surface area contributed by atoms with Crippen LogP contribution < -0.4 is 27.0 Å². The highest BCUT2D eigenvalue weighted by atomic mass is 32.2. The SMILES string of the molecule is C[C@H](SC1NNCN1C)C1CCCC(NC(=O)C2CCCC(C3CCNN3)C2)C1. The topological polar surface area (TPSA) is 80.5 Å². The van der Waals surface area contributed by atoms with Gasteiger partial charge in [-0.1, -0.05) is 19.8 Å². The summed E-state index contributed by atoms with van der Waals surface area (Å²) in [5.74, 6) is 1.87. The van der Waals surface area contributed by atoms with Crippen molar-refractivity contribution in [2.75, 3.05) is 20.3 Å². The van der Waals surface area contributed by atoms with Crippen molar-refractivity contribution in [3.05, 3.63) is 0 Å². The van der Waals surface area contributed by atoms with Crippen LogP contribution in [0.1, 0.15) is 64.7 Å². The molecule has 7 nitrogen and oxygen atoms in total. The number of rotatable bonds is 6. The standard InChI is InChI=1S/C21H40N6OS/c1-14(29-21-26-23-13-27(21)2)15-5-4-8-18(12-15)24-20(28)17-7-3-6-16(11-17)19-9-10-22-25-19/h14-19,21-23,25-26H,3-13H2,1-2H3,(H,24,28)/t14-,15?,16?,17?,18?,19?,21?/m0/s1. The molecule has 0 radical (unpaired) electrons. The lowest BCUT2D eigenvalue weighted by molar-refractivity contribution is -0.127. The van der Waals surface area contributed by atoms with Gasteiger partial charge in [0.2, 0.25) is 5.91 Å². The van der Waals surface area contributed by atoms with E-state index in [1.165, 1.54) is 32.1 Å². The van der Waals surface area contributed by atoms with Gasteiger partial charge in [0.15, 0.2) is 0 Å². The summed E-state index contributed by atoms with van der Waals surface area (Å²) in [6, 6.07) is 0.919. The second-order valence-corrected chi connectivity index (χ2v) is 11.1. The Labute approximate surface area is 180 Å². The summed E-state index contributed by atoms with van der Waals surface area (Å²) in [6.45, 7) is 4.31. The largest absolute Gasteiger partial charge is 0.353 e. The van der Waals surface area contributed by atoms with Gasteiger partial charge in [0.05, 0.1) is 6.67 Å². The zero-order valence-electron chi connectivity index (χ0n) is 18.1. The van der Waals surface area contributed by atoms with E-state index in [0.29, 0.717) is 40.6 Å². The predicted molar refractivity (Wildman–Crippen MR) is 119 cm³/mol. The Morgan fingerprint density at radius 3 is 2.69 bits per heavy atom. The van der Waals surface area contributed by atoms with Gasteiger partial charge in [0.25, 0.3) is 0 Å². The molecule has 7 atom stereocenters. The summed E-state index contributed by atoms with van der Waals surface area (Å²) in [7, 11) is 2.15. The lowest BCUT2D eigenvalue weighted by Crippen LogP contribution is -2.45. The maximum Gasteiger partial charge on any atom is 0.223 e. The fraction of sp³-hybridized carbons (Fsp3) is 0.952. The lowest BCUT2D eigenvalue weighted by atomic mass is 9.76. The second-order valence-electron chi connectivity index (χ2n) is 9.65. The fourth-order valence-corrected chi connectivity index (χ4v) is 7.00. The predicted octanol–water partition coefficient (Wildman–Crippen LogP) is 1.74. The minimum atomic E-state index is 0.214. The van der Waals surface area contributed by atoms with E-state index in [0.717, 1.165) is 38.9 Å². The van der Waals surface area contributed by atoms with Crippen LogP contribution in [-0.4, -0.2) is 53.9 Å². The van der Waals surface area contributed by atoms with Gasteiger partial charge in [0, 0.05) is 29.8 Å². The molecule has 29 heavy (non-hydrogen) atoms. The van der Waals surface area contributed by atoms with Gasteiger partial charge in [-0.25, -0.2) is 10.9 Å². The van der Waals surface area contributed by atoms with Crippen LogP contribution in [0.25, 0.3) is 0 Å². The van der Waals surface area contributed by atoms with E-state index in [2.05, 4.69) is 45.9 Å². The Bertz CT molecular complexity index is 545. The van der Waals surface area contributed by atoms with Gasteiger partial charge in [-0.05, 0) is 63.8 Å². The maximum atomic E-state index is 13.0. The van der Waals surface area contributed by atoms with Gasteiger partial charge in [-0.15, -0.1) is 11.8 Å². The number of nitrogens with one attached hydrogen (secondary N) is 5. The van der Waals surface area contributed by atoms with E-state index in [-0.39, 0.29) is 5.92 Å². The third kappa shape index (κ3) is 5.66. The normalized spacial score (nSPS) is 40.1. The number of amides is 1. The van der Waals surface area contributed by atoms with Gasteiger partial charge in [0.1, 0.15) is 5.50 Å². The molecule has 0 aromatic heterocycles. The van der Waals surface area contributed by atoms with Crippen molar-refractivity contribution >= 4 is 17.7 Å². The van der Waals surface area contributed by atoms with E-state index in [9.17, 15) is 4.79 Å². The van der Waals surface area contributed by atoms with Crippen molar-refractivity contribution in [1.82, 2.24) is 31.9 Å². The highest BCUT2D eigenvalue weighted by Gasteiger charge is 2.35. The molecule has 5 N–H and O–H groups in total. The quantitative estimate of drug-likeness (QED) is 0.444. The fourth-order valence-electron chi connectivity index (χ4n) is 5.70. The molecule has 2 saturated carbocycles. The Hall–Kier alpha value is -0.380. The van der Waals surface area contributed by atoms with Crippen molar-refractivity contribution < 1.29 is 4.79 Å². The molecule has 2 aliphatic carbocycles. The van der Waals surface area contributed by atoms with Crippen molar-refractivity contribution in [1.29, 1.82) is 0 Å². The number of carbonyl (C=O) groups excluding carboxylic acids is 1.